The quantitative estimate of drug-likeness (QED) is 0.800. The lowest BCUT2D eigenvalue weighted by atomic mass is 10.1. The summed E-state index contributed by atoms with van der Waals surface area (Å²) in [6.45, 7) is 3.32. The fraction of sp³-hybridized carbons (Fsp3) is 0.364. The van der Waals surface area contributed by atoms with Gasteiger partial charge in [0.15, 0.2) is 0 Å². The standard InChI is InChI=1S/C11H15ClN2O2/c1-11(2,16-3)10(15)14-9-7(12)5-4-6-8(9)13/h4-6H,13H2,1-3H3,(H,14,15). The second-order valence-corrected chi connectivity index (χ2v) is 4.28. The van der Waals surface area contributed by atoms with Crippen molar-refractivity contribution in [3.8, 4) is 0 Å². The van der Waals surface area contributed by atoms with Crippen LogP contribution in [0, 0.1) is 0 Å². The highest BCUT2D eigenvalue weighted by Crippen LogP contribution is 2.28. The Hall–Kier alpha value is -1.26. The van der Waals surface area contributed by atoms with E-state index in [1.807, 2.05) is 0 Å². The van der Waals surface area contributed by atoms with Crippen molar-refractivity contribution in [3.63, 3.8) is 0 Å². The van der Waals surface area contributed by atoms with E-state index in [2.05, 4.69) is 5.32 Å². The molecule has 0 atom stereocenters. The van der Waals surface area contributed by atoms with Gasteiger partial charge in [-0.1, -0.05) is 17.7 Å². The number of nitrogens with one attached hydrogen (secondary N) is 1. The Labute approximate surface area is 99.7 Å². The molecule has 1 aromatic rings. The number of hydrogen-bond donors (Lipinski definition) is 2. The normalized spacial score (nSPS) is 11.2. The molecule has 0 heterocycles. The van der Waals surface area contributed by atoms with Gasteiger partial charge >= 0.3 is 0 Å². The van der Waals surface area contributed by atoms with Crippen molar-refractivity contribution in [3.05, 3.63) is 23.2 Å². The van der Waals surface area contributed by atoms with Crippen LogP contribution in [0.2, 0.25) is 5.02 Å². The Kier molecular flexibility index (Phi) is 3.78. The highest BCUT2D eigenvalue weighted by molar-refractivity contribution is 6.34. The topological polar surface area (TPSA) is 64.3 Å². The number of nitrogens with two attached hydrogens (primary N) is 1. The molecule has 0 saturated carbocycles. The minimum absolute atomic E-state index is 0.296. The first kappa shape index (κ1) is 12.8. The summed E-state index contributed by atoms with van der Waals surface area (Å²) in [5.74, 6) is -0.296. The van der Waals surface area contributed by atoms with Crippen molar-refractivity contribution in [2.45, 2.75) is 19.4 Å². The zero-order valence-corrected chi connectivity index (χ0v) is 10.3. The van der Waals surface area contributed by atoms with Crippen LogP contribution in [0.3, 0.4) is 0 Å². The number of para-hydroxylation sites is 1. The Bertz CT molecular complexity index is 385. The van der Waals surface area contributed by atoms with Crippen LogP contribution in [0.25, 0.3) is 0 Å². The molecule has 88 valence electrons. The number of halogens is 1. The van der Waals surface area contributed by atoms with Gasteiger partial charge in [-0.2, -0.15) is 0 Å². The van der Waals surface area contributed by atoms with Gasteiger partial charge in [-0.05, 0) is 26.0 Å². The zero-order valence-electron chi connectivity index (χ0n) is 9.50. The summed E-state index contributed by atoms with van der Waals surface area (Å²) >= 11 is 5.93. The Balaban J connectivity index is 2.94. The molecule has 0 saturated heterocycles. The maximum absolute atomic E-state index is 11.8. The maximum atomic E-state index is 11.8. The Morgan fingerprint density at radius 2 is 2.12 bits per heavy atom. The molecule has 0 spiro atoms. The predicted octanol–water partition coefficient (Wildman–Crippen LogP) is 2.29. The molecule has 16 heavy (non-hydrogen) atoms. The predicted molar refractivity (Wildman–Crippen MR) is 65.6 cm³/mol. The molecular formula is C11H15ClN2O2. The molecule has 0 unspecified atom stereocenters. The van der Waals surface area contributed by atoms with Crippen LogP contribution in [-0.2, 0) is 9.53 Å². The zero-order chi connectivity index (χ0) is 12.3. The highest BCUT2D eigenvalue weighted by Gasteiger charge is 2.27. The summed E-state index contributed by atoms with van der Waals surface area (Å²) in [6, 6.07) is 5.05. The molecule has 5 heteroatoms. The third-order valence-corrected chi connectivity index (χ3v) is 2.66. The van der Waals surface area contributed by atoms with Crippen molar-refractivity contribution in [2.75, 3.05) is 18.2 Å². The van der Waals surface area contributed by atoms with E-state index < -0.39 is 5.60 Å². The van der Waals surface area contributed by atoms with Crippen molar-refractivity contribution >= 4 is 28.9 Å². The number of ether oxygens (including phenoxy) is 1. The van der Waals surface area contributed by atoms with Gasteiger partial charge in [-0.3, -0.25) is 4.79 Å². The minimum Gasteiger partial charge on any atom is -0.397 e. The summed E-state index contributed by atoms with van der Waals surface area (Å²) in [7, 11) is 1.47. The Morgan fingerprint density at radius 3 is 2.62 bits per heavy atom. The van der Waals surface area contributed by atoms with Gasteiger partial charge < -0.3 is 15.8 Å². The van der Waals surface area contributed by atoms with Crippen LogP contribution >= 0.6 is 11.6 Å². The van der Waals surface area contributed by atoms with E-state index in [-0.39, 0.29) is 5.91 Å². The van der Waals surface area contributed by atoms with Gasteiger partial charge in [0.05, 0.1) is 16.4 Å². The third-order valence-electron chi connectivity index (χ3n) is 2.34. The molecule has 0 aliphatic rings. The molecule has 1 amide bonds. The molecule has 1 aromatic carbocycles. The molecule has 3 N–H and O–H groups in total. The molecule has 0 fully saturated rings. The van der Waals surface area contributed by atoms with Gasteiger partial charge in [-0.15, -0.1) is 0 Å². The number of rotatable bonds is 3. The second kappa shape index (κ2) is 4.72. The number of amides is 1. The van der Waals surface area contributed by atoms with Crippen LogP contribution < -0.4 is 11.1 Å². The van der Waals surface area contributed by atoms with Gasteiger partial charge in [0.2, 0.25) is 0 Å². The average molecular weight is 243 g/mol. The lowest BCUT2D eigenvalue weighted by Crippen LogP contribution is -2.39. The molecule has 1 rings (SSSR count). The molecule has 0 aliphatic carbocycles. The smallest absolute Gasteiger partial charge is 0.256 e. The Morgan fingerprint density at radius 1 is 1.50 bits per heavy atom. The van der Waals surface area contributed by atoms with E-state index in [9.17, 15) is 4.79 Å². The first-order valence-electron chi connectivity index (χ1n) is 4.79. The molecule has 4 nitrogen and oxygen atoms in total. The fourth-order valence-electron chi connectivity index (χ4n) is 1.03. The fourth-order valence-corrected chi connectivity index (χ4v) is 1.26. The van der Waals surface area contributed by atoms with E-state index in [1.165, 1.54) is 7.11 Å². The van der Waals surface area contributed by atoms with Crippen LogP contribution in [0.1, 0.15) is 13.8 Å². The SMILES string of the molecule is COC(C)(C)C(=O)Nc1c(N)cccc1Cl. The maximum Gasteiger partial charge on any atom is 0.256 e. The van der Waals surface area contributed by atoms with Gasteiger partial charge in [0.25, 0.3) is 5.91 Å². The van der Waals surface area contributed by atoms with Crippen molar-refractivity contribution in [1.29, 1.82) is 0 Å². The lowest BCUT2D eigenvalue weighted by molar-refractivity contribution is -0.133. The van der Waals surface area contributed by atoms with E-state index in [4.69, 9.17) is 22.1 Å². The van der Waals surface area contributed by atoms with E-state index in [1.54, 1.807) is 32.0 Å². The summed E-state index contributed by atoms with van der Waals surface area (Å²) in [5.41, 5.74) is 5.63. The number of methoxy groups -OCH3 is 1. The first-order valence-corrected chi connectivity index (χ1v) is 5.17. The van der Waals surface area contributed by atoms with Crippen molar-refractivity contribution < 1.29 is 9.53 Å². The minimum atomic E-state index is -0.925. The van der Waals surface area contributed by atoms with E-state index in [0.29, 0.717) is 16.4 Å². The van der Waals surface area contributed by atoms with E-state index in [0.717, 1.165) is 0 Å². The largest absolute Gasteiger partial charge is 0.397 e. The number of carbonyl (C=O) groups excluding carboxylic acids is 1. The molecule has 0 radical (unpaired) electrons. The number of anilines is 2. The third kappa shape index (κ3) is 2.65. The lowest BCUT2D eigenvalue weighted by Gasteiger charge is -2.22. The molecule has 0 bridgehead atoms. The second-order valence-electron chi connectivity index (χ2n) is 3.87. The van der Waals surface area contributed by atoms with Gasteiger partial charge in [0.1, 0.15) is 5.60 Å². The molecule has 0 aromatic heterocycles. The first-order chi connectivity index (χ1) is 7.38. The highest BCUT2D eigenvalue weighted by atomic mass is 35.5. The number of carbonyl (C=O) groups is 1. The molecular weight excluding hydrogens is 228 g/mol. The summed E-state index contributed by atoms with van der Waals surface area (Å²) < 4.78 is 5.06. The van der Waals surface area contributed by atoms with Gasteiger partial charge in [-0.25, -0.2) is 0 Å². The monoisotopic (exact) mass is 242 g/mol. The number of benzene rings is 1. The van der Waals surface area contributed by atoms with Crippen LogP contribution in [-0.4, -0.2) is 18.6 Å². The summed E-state index contributed by atoms with van der Waals surface area (Å²) in [4.78, 5) is 11.8. The summed E-state index contributed by atoms with van der Waals surface area (Å²) in [5, 5.41) is 3.05. The van der Waals surface area contributed by atoms with E-state index >= 15 is 0 Å². The van der Waals surface area contributed by atoms with Crippen LogP contribution in [0.5, 0.6) is 0 Å². The number of hydrogen-bond acceptors (Lipinski definition) is 3. The van der Waals surface area contributed by atoms with Crippen LogP contribution in [0.4, 0.5) is 11.4 Å². The van der Waals surface area contributed by atoms with Crippen LogP contribution in [0.15, 0.2) is 18.2 Å². The molecule has 0 aliphatic heterocycles. The van der Waals surface area contributed by atoms with Crippen molar-refractivity contribution in [2.24, 2.45) is 0 Å². The van der Waals surface area contributed by atoms with Gasteiger partial charge in [0, 0.05) is 7.11 Å². The summed E-state index contributed by atoms with van der Waals surface area (Å²) in [6.07, 6.45) is 0. The average Bonchev–Trinajstić information content (AvgIpc) is 2.23. The number of nitrogen functional groups attached to an aromatic ring is 1. The van der Waals surface area contributed by atoms with Crippen molar-refractivity contribution in [1.82, 2.24) is 0 Å².